The lowest BCUT2D eigenvalue weighted by molar-refractivity contribution is -0.160. The van der Waals surface area contributed by atoms with Crippen LogP contribution in [0.2, 0.25) is 0 Å². The molecule has 0 saturated carbocycles. The maximum atomic E-state index is 11.8. The molecule has 0 spiro atoms. The number of carbonyl (C=O) groups is 2. The highest BCUT2D eigenvalue weighted by Crippen LogP contribution is 2.20. The van der Waals surface area contributed by atoms with E-state index in [0.29, 0.717) is 18.2 Å². The maximum Gasteiger partial charge on any atom is 0.347 e. The molecule has 1 aromatic heterocycles. The van der Waals surface area contributed by atoms with Crippen LogP contribution in [0.3, 0.4) is 0 Å². The van der Waals surface area contributed by atoms with Gasteiger partial charge in [0.1, 0.15) is 6.10 Å². The van der Waals surface area contributed by atoms with Crippen LogP contribution < -0.4 is 0 Å². The van der Waals surface area contributed by atoms with E-state index in [0.717, 1.165) is 11.1 Å². The first-order valence-electron chi connectivity index (χ1n) is 7.80. The zero-order valence-corrected chi connectivity index (χ0v) is 13.5. The first kappa shape index (κ1) is 16.2. The van der Waals surface area contributed by atoms with Gasteiger partial charge in [0.15, 0.2) is 0 Å². The van der Waals surface area contributed by atoms with E-state index in [9.17, 15) is 9.59 Å². The topological polar surface area (TPSA) is 91.5 Å². The molecule has 24 heavy (non-hydrogen) atoms. The second-order valence-electron chi connectivity index (χ2n) is 5.83. The molecule has 3 rings (SSSR count). The molecule has 0 N–H and O–H groups in total. The summed E-state index contributed by atoms with van der Waals surface area (Å²) in [5.74, 6) is -0.215. The minimum atomic E-state index is -0.807. The van der Waals surface area contributed by atoms with E-state index in [-0.39, 0.29) is 18.9 Å². The van der Waals surface area contributed by atoms with Crippen LogP contribution in [0, 0.1) is 6.92 Å². The van der Waals surface area contributed by atoms with Gasteiger partial charge in [-0.25, -0.2) is 4.79 Å². The maximum absolute atomic E-state index is 11.8. The van der Waals surface area contributed by atoms with Crippen LogP contribution in [-0.4, -0.2) is 34.3 Å². The molecule has 0 bridgehead atoms. The van der Waals surface area contributed by atoms with Gasteiger partial charge in [0.25, 0.3) is 0 Å². The number of esters is 2. The molecular weight excluding hydrogens is 312 g/mol. The Morgan fingerprint density at radius 2 is 2.04 bits per heavy atom. The van der Waals surface area contributed by atoms with E-state index in [2.05, 4.69) is 10.2 Å². The summed E-state index contributed by atoms with van der Waals surface area (Å²) in [6.45, 7) is 3.76. The zero-order valence-electron chi connectivity index (χ0n) is 13.5. The summed E-state index contributed by atoms with van der Waals surface area (Å²) in [7, 11) is 0. The Bertz CT molecular complexity index is 738. The lowest BCUT2D eigenvalue weighted by Gasteiger charge is -2.07. The van der Waals surface area contributed by atoms with Crippen LogP contribution >= 0.6 is 0 Å². The third kappa shape index (κ3) is 3.79. The van der Waals surface area contributed by atoms with Gasteiger partial charge >= 0.3 is 11.9 Å². The van der Waals surface area contributed by atoms with Crippen LogP contribution in [0.25, 0.3) is 11.5 Å². The summed E-state index contributed by atoms with van der Waals surface area (Å²) in [5, 5.41) is 7.91. The van der Waals surface area contributed by atoms with Crippen LogP contribution in [0.5, 0.6) is 0 Å². The summed E-state index contributed by atoms with van der Waals surface area (Å²) in [6, 6.07) is 7.71. The highest BCUT2D eigenvalue weighted by Gasteiger charge is 2.34. The zero-order chi connectivity index (χ0) is 17.1. The fourth-order valence-corrected chi connectivity index (χ4v) is 2.41. The summed E-state index contributed by atoms with van der Waals surface area (Å²) in [5.41, 5.74) is 1.96. The largest absolute Gasteiger partial charge is 0.460 e. The summed E-state index contributed by atoms with van der Waals surface area (Å²) in [6.07, 6.45) is -0.313. The van der Waals surface area contributed by atoms with E-state index >= 15 is 0 Å². The summed E-state index contributed by atoms with van der Waals surface area (Å²) in [4.78, 5) is 23.3. The monoisotopic (exact) mass is 330 g/mol. The minimum absolute atomic E-state index is 0.0632. The highest BCUT2D eigenvalue weighted by molar-refractivity contribution is 5.81. The smallest absolute Gasteiger partial charge is 0.347 e. The van der Waals surface area contributed by atoms with Gasteiger partial charge in [0, 0.05) is 18.4 Å². The molecule has 0 radical (unpaired) electrons. The highest BCUT2D eigenvalue weighted by atomic mass is 16.6. The molecule has 2 aromatic rings. The Hall–Kier alpha value is -2.70. The first-order chi connectivity index (χ1) is 11.5. The second-order valence-corrected chi connectivity index (χ2v) is 5.83. The Kier molecular flexibility index (Phi) is 4.59. The van der Waals surface area contributed by atoms with Crippen molar-refractivity contribution in [2.75, 3.05) is 0 Å². The van der Waals surface area contributed by atoms with Crippen molar-refractivity contribution >= 4 is 11.9 Å². The van der Waals surface area contributed by atoms with Gasteiger partial charge < -0.3 is 13.9 Å². The lowest BCUT2D eigenvalue weighted by Crippen LogP contribution is -2.22. The third-order valence-electron chi connectivity index (χ3n) is 3.71. The third-order valence-corrected chi connectivity index (χ3v) is 3.71. The average Bonchev–Trinajstić information content (AvgIpc) is 3.13. The Labute approximate surface area is 139 Å². The van der Waals surface area contributed by atoms with Gasteiger partial charge in [-0.15, -0.1) is 10.2 Å². The van der Waals surface area contributed by atoms with Gasteiger partial charge in [-0.2, -0.15) is 0 Å². The van der Waals surface area contributed by atoms with Crippen molar-refractivity contribution in [3.63, 3.8) is 0 Å². The lowest BCUT2D eigenvalue weighted by atomic mass is 10.1. The van der Waals surface area contributed by atoms with E-state index in [1.54, 1.807) is 6.92 Å². The predicted octanol–water partition coefficient (Wildman–Crippen LogP) is 2.22. The number of hydrogen-bond acceptors (Lipinski definition) is 7. The number of aromatic nitrogens is 2. The van der Waals surface area contributed by atoms with Crippen LogP contribution in [0.4, 0.5) is 0 Å². The normalized spacial score (nSPS) is 20.0. The average molecular weight is 330 g/mol. The molecule has 0 unspecified atom stereocenters. The van der Waals surface area contributed by atoms with Crippen molar-refractivity contribution in [2.45, 2.75) is 45.3 Å². The number of aryl methyl sites for hydroxylation is 2. The SMILES string of the molecule is Cc1ccc(-c2nnc(CCC(=O)O[C@H]3C[C@@H](C)OC3=O)o2)cc1. The number of hydrogen-bond donors (Lipinski definition) is 0. The molecule has 1 aliphatic rings. The van der Waals surface area contributed by atoms with E-state index in [1.165, 1.54) is 0 Å². The molecule has 7 nitrogen and oxygen atoms in total. The van der Waals surface area contributed by atoms with Gasteiger partial charge in [0.2, 0.25) is 17.9 Å². The van der Waals surface area contributed by atoms with Gasteiger partial charge in [0.05, 0.1) is 6.42 Å². The van der Waals surface area contributed by atoms with Crippen molar-refractivity contribution in [2.24, 2.45) is 0 Å². The van der Waals surface area contributed by atoms with Gasteiger partial charge in [-0.1, -0.05) is 17.7 Å². The number of nitrogens with zero attached hydrogens (tertiary/aromatic N) is 2. The number of benzene rings is 1. The molecule has 2 heterocycles. The molecule has 1 aromatic carbocycles. The number of carbonyl (C=O) groups excluding carboxylic acids is 2. The molecule has 126 valence electrons. The van der Waals surface area contributed by atoms with E-state index in [4.69, 9.17) is 13.9 Å². The molecule has 1 aliphatic heterocycles. The van der Waals surface area contributed by atoms with Crippen LogP contribution in [0.15, 0.2) is 28.7 Å². The minimum Gasteiger partial charge on any atom is -0.460 e. The second kappa shape index (κ2) is 6.82. The van der Waals surface area contributed by atoms with Crippen LogP contribution in [0.1, 0.15) is 31.2 Å². The number of rotatable bonds is 5. The molecule has 1 saturated heterocycles. The summed E-state index contributed by atoms with van der Waals surface area (Å²) >= 11 is 0. The molecule has 0 aliphatic carbocycles. The Morgan fingerprint density at radius 3 is 2.71 bits per heavy atom. The molecule has 1 fully saturated rings. The van der Waals surface area contributed by atoms with Crippen LogP contribution in [-0.2, 0) is 25.5 Å². The van der Waals surface area contributed by atoms with Crippen molar-refractivity contribution in [1.82, 2.24) is 10.2 Å². The Morgan fingerprint density at radius 1 is 1.29 bits per heavy atom. The fraction of sp³-hybridized carbons (Fsp3) is 0.412. The Balaban J connectivity index is 1.53. The first-order valence-corrected chi connectivity index (χ1v) is 7.80. The predicted molar refractivity (Wildman–Crippen MR) is 82.8 cm³/mol. The van der Waals surface area contributed by atoms with Gasteiger partial charge in [-0.05, 0) is 26.0 Å². The van der Waals surface area contributed by atoms with Crippen molar-refractivity contribution in [3.05, 3.63) is 35.7 Å². The number of ether oxygens (including phenoxy) is 2. The van der Waals surface area contributed by atoms with Gasteiger partial charge in [-0.3, -0.25) is 4.79 Å². The molecule has 7 heteroatoms. The summed E-state index contributed by atoms with van der Waals surface area (Å²) < 4.78 is 15.6. The fourth-order valence-electron chi connectivity index (χ4n) is 2.41. The quantitative estimate of drug-likeness (QED) is 0.776. The van der Waals surface area contributed by atoms with E-state index in [1.807, 2.05) is 31.2 Å². The van der Waals surface area contributed by atoms with E-state index < -0.39 is 18.0 Å². The molecule has 2 atom stereocenters. The number of cyclic esters (lactones) is 1. The van der Waals surface area contributed by atoms with Crippen molar-refractivity contribution < 1.29 is 23.5 Å². The van der Waals surface area contributed by atoms with Crippen molar-refractivity contribution in [1.29, 1.82) is 0 Å². The standard InChI is InChI=1S/C17H18N2O5/c1-10-3-5-12(6-4-10)16-19-18-14(24-16)7-8-15(20)23-13-9-11(2)22-17(13)21/h3-6,11,13H,7-9H2,1-2H3/t11-,13+/m1/s1. The molecular formula is C17H18N2O5. The molecule has 0 amide bonds. The van der Waals surface area contributed by atoms with Crippen molar-refractivity contribution in [3.8, 4) is 11.5 Å².